The highest BCUT2D eigenvalue weighted by Gasteiger charge is 2.34. The van der Waals surface area contributed by atoms with Gasteiger partial charge in [0.25, 0.3) is 0 Å². The number of nitrogens with zero attached hydrogens (tertiary/aromatic N) is 2. The van der Waals surface area contributed by atoms with E-state index in [0.717, 1.165) is 25.0 Å². The van der Waals surface area contributed by atoms with Crippen molar-refractivity contribution in [2.75, 3.05) is 6.54 Å². The first-order chi connectivity index (χ1) is 10.2. The Morgan fingerprint density at radius 2 is 2.00 bits per heavy atom. The Balaban J connectivity index is 1.62. The molecule has 21 heavy (non-hydrogen) atoms. The summed E-state index contributed by atoms with van der Waals surface area (Å²) in [7, 11) is 0. The predicted molar refractivity (Wildman–Crippen MR) is 87.0 cm³/mol. The lowest BCUT2D eigenvalue weighted by molar-refractivity contribution is 0.104. The second kappa shape index (κ2) is 6.89. The van der Waals surface area contributed by atoms with E-state index in [0.29, 0.717) is 6.04 Å². The SMILES string of the molecule is CC(C)NCc1cccc(CN2CCCC3CCCC32)n1. The quantitative estimate of drug-likeness (QED) is 0.900. The van der Waals surface area contributed by atoms with Gasteiger partial charge in [-0.25, -0.2) is 0 Å². The van der Waals surface area contributed by atoms with E-state index in [1.54, 1.807) is 0 Å². The molecule has 0 amide bonds. The minimum atomic E-state index is 0.511. The molecule has 0 radical (unpaired) electrons. The van der Waals surface area contributed by atoms with Crippen LogP contribution in [0.15, 0.2) is 18.2 Å². The van der Waals surface area contributed by atoms with Crippen LogP contribution < -0.4 is 5.32 Å². The molecule has 1 saturated carbocycles. The number of likely N-dealkylation sites (tertiary alicyclic amines) is 1. The van der Waals surface area contributed by atoms with Gasteiger partial charge in [0, 0.05) is 25.2 Å². The molecule has 1 aromatic rings. The number of hydrogen-bond acceptors (Lipinski definition) is 3. The highest BCUT2D eigenvalue weighted by atomic mass is 15.2. The molecule has 1 N–H and O–H groups in total. The van der Waals surface area contributed by atoms with Crippen molar-refractivity contribution in [2.45, 2.75) is 71.1 Å². The normalized spacial score (nSPS) is 26.2. The van der Waals surface area contributed by atoms with Crippen LogP contribution in [0.4, 0.5) is 0 Å². The van der Waals surface area contributed by atoms with Crippen molar-refractivity contribution in [3.05, 3.63) is 29.6 Å². The average molecular weight is 287 g/mol. The van der Waals surface area contributed by atoms with Gasteiger partial charge < -0.3 is 5.32 Å². The Bertz CT molecular complexity index is 458. The zero-order chi connectivity index (χ0) is 14.7. The molecule has 3 rings (SSSR count). The fourth-order valence-electron chi connectivity index (χ4n) is 3.99. The van der Waals surface area contributed by atoms with Gasteiger partial charge in [-0.1, -0.05) is 26.3 Å². The van der Waals surface area contributed by atoms with Crippen molar-refractivity contribution >= 4 is 0 Å². The van der Waals surface area contributed by atoms with Crippen molar-refractivity contribution < 1.29 is 0 Å². The molecular weight excluding hydrogens is 258 g/mol. The fraction of sp³-hybridized carbons (Fsp3) is 0.722. The number of nitrogens with one attached hydrogen (secondary N) is 1. The molecule has 3 heteroatoms. The summed E-state index contributed by atoms with van der Waals surface area (Å²) >= 11 is 0. The summed E-state index contributed by atoms with van der Waals surface area (Å²) < 4.78 is 0. The van der Waals surface area contributed by atoms with Crippen LogP contribution in [0, 0.1) is 5.92 Å². The molecule has 1 aliphatic heterocycles. The van der Waals surface area contributed by atoms with E-state index >= 15 is 0 Å². The molecule has 2 atom stereocenters. The number of piperidine rings is 1. The number of rotatable bonds is 5. The van der Waals surface area contributed by atoms with Crippen molar-refractivity contribution in [2.24, 2.45) is 5.92 Å². The van der Waals surface area contributed by atoms with Crippen LogP contribution in [-0.2, 0) is 13.1 Å². The third kappa shape index (κ3) is 3.83. The third-order valence-electron chi connectivity index (χ3n) is 5.03. The lowest BCUT2D eigenvalue weighted by Crippen LogP contribution is -2.42. The molecular formula is C18H29N3. The van der Waals surface area contributed by atoms with Gasteiger partial charge in [-0.05, 0) is 50.3 Å². The summed E-state index contributed by atoms with van der Waals surface area (Å²) in [5, 5.41) is 3.45. The van der Waals surface area contributed by atoms with E-state index in [2.05, 4.69) is 42.3 Å². The van der Waals surface area contributed by atoms with E-state index in [9.17, 15) is 0 Å². The molecule has 1 aliphatic carbocycles. The van der Waals surface area contributed by atoms with Gasteiger partial charge in [0.05, 0.1) is 11.4 Å². The second-order valence-corrected chi connectivity index (χ2v) is 7.03. The first-order valence-electron chi connectivity index (χ1n) is 8.64. The molecule has 2 aliphatic rings. The van der Waals surface area contributed by atoms with Crippen molar-refractivity contribution in [1.82, 2.24) is 15.2 Å². The lowest BCUT2D eigenvalue weighted by atomic mass is 9.92. The van der Waals surface area contributed by atoms with E-state index < -0.39 is 0 Å². The summed E-state index contributed by atoms with van der Waals surface area (Å²) in [6.07, 6.45) is 7.10. The fourth-order valence-corrected chi connectivity index (χ4v) is 3.99. The monoisotopic (exact) mass is 287 g/mol. The largest absolute Gasteiger partial charge is 0.309 e. The molecule has 0 aromatic carbocycles. The molecule has 1 aromatic heterocycles. The van der Waals surface area contributed by atoms with Crippen LogP contribution in [0.2, 0.25) is 0 Å². The maximum atomic E-state index is 4.85. The maximum Gasteiger partial charge on any atom is 0.0547 e. The molecule has 0 spiro atoms. The molecule has 1 saturated heterocycles. The van der Waals surface area contributed by atoms with Crippen LogP contribution in [0.1, 0.15) is 57.3 Å². The van der Waals surface area contributed by atoms with Gasteiger partial charge in [-0.3, -0.25) is 9.88 Å². The van der Waals surface area contributed by atoms with Crippen LogP contribution in [0.25, 0.3) is 0 Å². The summed E-state index contributed by atoms with van der Waals surface area (Å²) in [5.74, 6) is 0.963. The second-order valence-electron chi connectivity index (χ2n) is 7.03. The molecule has 2 heterocycles. The van der Waals surface area contributed by atoms with E-state index in [1.165, 1.54) is 50.0 Å². The summed E-state index contributed by atoms with van der Waals surface area (Å²) in [6.45, 7) is 7.53. The molecule has 2 unspecified atom stereocenters. The number of pyridine rings is 1. The summed E-state index contributed by atoms with van der Waals surface area (Å²) in [5.41, 5.74) is 2.41. The Hall–Kier alpha value is -0.930. The van der Waals surface area contributed by atoms with Gasteiger partial charge in [0.15, 0.2) is 0 Å². The van der Waals surface area contributed by atoms with Crippen LogP contribution >= 0.6 is 0 Å². The summed E-state index contributed by atoms with van der Waals surface area (Å²) in [6, 6.07) is 7.83. The van der Waals surface area contributed by atoms with E-state index in [1.807, 2.05) is 0 Å². The zero-order valence-electron chi connectivity index (χ0n) is 13.5. The van der Waals surface area contributed by atoms with Gasteiger partial charge in [-0.15, -0.1) is 0 Å². The number of aromatic nitrogens is 1. The lowest BCUT2D eigenvalue weighted by Gasteiger charge is -2.37. The number of hydrogen-bond donors (Lipinski definition) is 1. The van der Waals surface area contributed by atoms with Crippen molar-refractivity contribution in [1.29, 1.82) is 0 Å². The van der Waals surface area contributed by atoms with Crippen LogP contribution in [0.3, 0.4) is 0 Å². The smallest absolute Gasteiger partial charge is 0.0547 e. The minimum absolute atomic E-state index is 0.511. The number of fused-ring (bicyclic) bond motifs is 1. The highest BCUT2D eigenvalue weighted by Crippen LogP contribution is 2.37. The molecule has 2 fully saturated rings. The predicted octanol–water partition coefficient (Wildman–Crippen LogP) is 3.34. The van der Waals surface area contributed by atoms with Gasteiger partial charge >= 0.3 is 0 Å². The zero-order valence-corrected chi connectivity index (χ0v) is 13.5. The van der Waals surface area contributed by atoms with Crippen LogP contribution in [0.5, 0.6) is 0 Å². The third-order valence-corrected chi connectivity index (χ3v) is 5.03. The van der Waals surface area contributed by atoms with Gasteiger partial charge in [-0.2, -0.15) is 0 Å². The first-order valence-corrected chi connectivity index (χ1v) is 8.64. The van der Waals surface area contributed by atoms with E-state index in [4.69, 9.17) is 4.98 Å². The minimum Gasteiger partial charge on any atom is -0.309 e. The summed E-state index contributed by atoms with van der Waals surface area (Å²) in [4.78, 5) is 7.55. The van der Waals surface area contributed by atoms with Gasteiger partial charge in [0.1, 0.15) is 0 Å². The van der Waals surface area contributed by atoms with E-state index in [-0.39, 0.29) is 0 Å². The van der Waals surface area contributed by atoms with Crippen molar-refractivity contribution in [3.63, 3.8) is 0 Å². The Kier molecular flexibility index (Phi) is 4.91. The average Bonchev–Trinajstić information content (AvgIpc) is 2.95. The van der Waals surface area contributed by atoms with Crippen LogP contribution in [-0.4, -0.2) is 28.5 Å². The Morgan fingerprint density at radius 1 is 1.19 bits per heavy atom. The highest BCUT2D eigenvalue weighted by molar-refractivity contribution is 5.12. The Morgan fingerprint density at radius 3 is 2.86 bits per heavy atom. The van der Waals surface area contributed by atoms with Crippen molar-refractivity contribution in [3.8, 4) is 0 Å². The molecule has 3 nitrogen and oxygen atoms in total. The molecule has 0 bridgehead atoms. The topological polar surface area (TPSA) is 28.2 Å². The standard InChI is InChI=1S/C18H29N3/c1-14(2)19-12-16-8-4-9-17(20-16)13-21-11-5-7-15-6-3-10-18(15)21/h4,8-9,14-15,18-19H,3,5-7,10-13H2,1-2H3. The first kappa shape index (κ1) is 15.0. The van der Waals surface area contributed by atoms with Gasteiger partial charge in [0.2, 0.25) is 0 Å². The molecule has 116 valence electrons. The maximum absolute atomic E-state index is 4.85. The Labute approximate surface area is 129 Å².